The van der Waals surface area contributed by atoms with Crippen molar-refractivity contribution in [1.82, 2.24) is 4.98 Å². The molecule has 1 heterocycles. The minimum atomic E-state index is 0.0649. The Bertz CT molecular complexity index is 490. The fourth-order valence-corrected chi connectivity index (χ4v) is 2.02. The predicted octanol–water partition coefficient (Wildman–Crippen LogP) is 3.37. The van der Waals surface area contributed by atoms with Crippen LogP contribution in [0.5, 0.6) is 5.75 Å². The van der Waals surface area contributed by atoms with Crippen molar-refractivity contribution in [3.63, 3.8) is 0 Å². The molecule has 2 aromatic rings. The van der Waals surface area contributed by atoms with Crippen molar-refractivity contribution in [2.24, 2.45) is 5.73 Å². The minimum Gasteiger partial charge on any atom is -0.493 e. The van der Waals surface area contributed by atoms with Crippen LogP contribution in [0.3, 0.4) is 0 Å². The van der Waals surface area contributed by atoms with E-state index in [-0.39, 0.29) is 6.04 Å². The van der Waals surface area contributed by atoms with Crippen molar-refractivity contribution in [2.45, 2.75) is 32.7 Å². The Labute approximate surface area is 102 Å². The molecule has 1 aromatic carbocycles. The highest BCUT2D eigenvalue weighted by Crippen LogP contribution is 2.32. The molecule has 0 aliphatic heterocycles. The highest BCUT2D eigenvalue weighted by Gasteiger charge is 2.13. The highest BCUT2D eigenvalue weighted by atomic mass is 16.5. The second kappa shape index (κ2) is 5.23. The molecule has 3 nitrogen and oxygen atoms in total. The van der Waals surface area contributed by atoms with Gasteiger partial charge in [-0.25, -0.2) is 0 Å². The van der Waals surface area contributed by atoms with Gasteiger partial charge in [-0.05, 0) is 30.5 Å². The third kappa shape index (κ3) is 2.29. The van der Waals surface area contributed by atoms with Crippen molar-refractivity contribution in [2.75, 3.05) is 6.61 Å². The molecular formula is C14H20N2O. The van der Waals surface area contributed by atoms with Crippen molar-refractivity contribution < 1.29 is 4.74 Å². The van der Waals surface area contributed by atoms with Gasteiger partial charge in [-0.15, -0.1) is 0 Å². The lowest BCUT2D eigenvalue weighted by atomic mass is 10.0. The summed E-state index contributed by atoms with van der Waals surface area (Å²) in [4.78, 5) is 3.26. The first-order chi connectivity index (χ1) is 8.27. The molecule has 0 saturated heterocycles. The van der Waals surface area contributed by atoms with Gasteiger partial charge in [-0.1, -0.05) is 19.9 Å². The SMILES string of the molecule is CCCOc1cccc2[nH]cc([C@@H](N)CC)c12. The van der Waals surface area contributed by atoms with Crippen LogP contribution >= 0.6 is 0 Å². The number of nitrogens with one attached hydrogen (secondary N) is 1. The monoisotopic (exact) mass is 232 g/mol. The van der Waals surface area contributed by atoms with Crippen LogP contribution in [-0.4, -0.2) is 11.6 Å². The fraction of sp³-hybridized carbons (Fsp3) is 0.429. The summed E-state index contributed by atoms with van der Waals surface area (Å²) < 4.78 is 5.79. The van der Waals surface area contributed by atoms with Crippen molar-refractivity contribution in [3.8, 4) is 5.75 Å². The number of hydrogen-bond donors (Lipinski definition) is 2. The summed E-state index contributed by atoms with van der Waals surface area (Å²) in [7, 11) is 0. The topological polar surface area (TPSA) is 51.0 Å². The van der Waals surface area contributed by atoms with Crippen LogP contribution in [-0.2, 0) is 0 Å². The zero-order valence-electron chi connectivity index (χ0n) is 10.5. The van der Waals surface area contributed by atoms with E-state index in [1.54, 1.807) is 0 Å². The number of hydrogen-bond acceptors (Lipinski definition) is 2. The molecular weight excluding hydrogens is 212 g/mol. The fourth-order valence-electron chi connectivity index (χ4n) is 2.02. The van der Waals surface area contributed by atoms with Gasteiger partial charge in [0.05, 0.1) is 6.61 Å². The summed E-state index contributed by atoms with van der Waals surface area (Å²) in [5.41, 5.74) is 8.37. The molecule has 0 fully saturated rings. The zero-order chi connectivity index (χ0) is 12.3. The van der Waals surface area contributed by atoms with E-state index in [2.05, 4.69) is 24.9 Å². The molecule has 0 amide bonds. The predicted molar refractivity (Wildman–Crippen MR) is 71.3 cm³/mol. The molecule has 0 unspecified atom stereocenters. The van der Waals surface area contributed by atoms with Crippen LogP contribution in [0.15, 0.2) is 24.4 Å². The van der Waals surface area contributed by atoms with Crippen molar-refractivity contribution in [1.29, 1.82) is 0 Å². The summed E-state index contributed by atoms with van der Waals surface area (Å²) in [5.74, 6) is 0.935. The Morgan fingerprint density at radius 1 is 1.35 bits per heavy atom. The number of nitrogens with two attached hydrogens (primary N) is 1. The average Bonchev–Trinajstić information content (AvgIpc) is 2.79. The Morgan fingerprint density at radius 3 is 2.88 bits per heavy atom. The molecule has 1 atom stereocenters. The van der Waals surface area contributed by atoms with E-state index in [1.807, 2.05) is 18.3 Å². The van der Waals surface area contributed by atoms with Gasteiger partial charge >= 0.3 is 0 Å². The molecule has 1 aromatic heterocycles. The summed E-state index contributed by atoms with van der Waals surface area (Å²) in [6, 6.07) is 6.14. The first-order valence-electron chi connectivity index (χ1n) is 6.26. The molecule has 3 heteroatoms. The van der Waals surface area contributed by atoms with Gasteiger partial charge in [0.15, 0.2) is 0 Å². The largest absolute Gasteiger partial charge is 0.493 e. The van der Waals surface area contributed by atoms with E-state index in [9.17, 15) is 0 Å². The van der Waals surface area contributed by atoms with Gasteiger partial charge in [-0.3, -0.25) is 0 Å². The minimum absolute atomic E-state index is 0.0649. The molecule has 0 spiro atoms. The van der Waals surface area contributed by atoms with Crippen molar-refractivity contribution in [3.05, 3.63) is 30.0 Å². The third-order valence-electron chi connectivity index (χ3n) is 3.00. The number of aromatic amines is 1. The Hall–Kier alpha value is -1.48. The normalized spacial score (nSPS) is 12.9. The van der Waals surface area contributed by atoms with Crippen LogP contribution in [0.2, 0.25) is 0 Å². The van der Waals surface area contributed by atoms with Gasteiger partial charge in [0, 0.05) is 23.1 Å². The second-order valence-electron chi connectivity index (χ2n) is 4.29. The molecule has 0 aliphatic carbocycles. The standard InChI is InChI=1S/C14H20N2O/c1-3-8-17-13-7-5-6-12-14(13)10(9-16-12)11(15)4-2/h5-7,9,11,16H,3-4,8,15H2,1-2H3/t11-/m0/s1. The van der Waals surface area contributed by atoms with Crippen molar-refractivity contribution >= 4 is 10.9 Å². The Morgan fingerprint density at radius 2 is 2.18 bits per heavy atom. The summed E-state index contributed by atoms with van der Waals surface area (Å²) >= 11 is 0. The smallest absolute Gasteiger partial charge is 0.128 e. The maximum atomic E-state index is 6.13. The van der Waals surface area contributed by atoms with E-state index in [0.29, 0.717) is 0 Å². The van der Waals surface area contributed by atoms with Gasteiger partial charge in [0.2, 0.25) is 0 Å². The number of rotatable bonds is 5. The lowest BCUT2D eigenvalue weighted by Gasteiger charge is -2.11. The number of ether oxygens (including phenoxy) is 1. The lowest BCUT2D eigenvalue weighted by molar-refractivity contribution is 0.321. The Kier molecular flexibility index (Phi) is 3.69. The highest BCUT2D eigenvalue weighted by molar-refractivity contribution is 5.89. The molecule has 17 heavy (non-hydrogen) atoms. The average molecular weight is 232 g/mol. The Balaban J connectivity index is 2.47. The third-order valence-corrected chi connectivity index (χ3v) is 3.00. The number of fused-ring (bicyclic) bond motifs is 1. The van der Waals surface area contributed by atoms with Crippen LogP contribution in [0.4, 0.5) is 0 Å². The first kappa shape index (κ1) is 12.0. The van der Waals surface area contributed by atoms with Gasteiger partial charge < -0.3 is 15.5 Å². The van der Waals surface area contributed by atoms with E-state index in [1.165, 1.54) is 0 Å². The van der Waals surface area contributed by atoms with E-state index in [4.69, 9.17) is 10.5 Å². The summed E-state index contributed by atoms with van der Waals surface area (Å²) in [6.45, 7) is 4.94. The van der Waals surface area contributed by atoms with Crippen LogP contribution in [0.1, 0.15) is 38.3 Å². The van der Waals surface area contributed by atoms with E-state index < -0.39 is 0 Å². The maximum Gasteiger partial charge on any atom is 0.128 e. The maximum absolute atomic E-state index is 6.13. The zero-order valence-corrected chi connectivity index (χ0v) is 10.5. The van der Waals surface area contributed by atoms with Gasteiger partial charge in [-0.2, -0.15) is 0 Å². The second-order valence-corrected chi connectivity index (χ2v) is 4.29. The molecule has 0 radical (unpaired) electrons. The molecule has 0 saturated carbocycles. The van der Waals surface area contributed by atoms with Crippen LogP contribution < -0.4 is 10.5 Å². The lowest BCUT2D eigenvalue weighted by Crippen LogP contribution is -2.08. The molecule has 92 valence electrons. The first-order valence-corrected chi connectivity index (χ1v) is 6.26. The molecule has 0 aliphatic rings. The van der Waals surface area contributed by atoms with E-state index in [0.717, 1.165) is 41.7 Å². The van der Waals surface area contributed by atoms with E-state index >= 15 is 0 Å². The van der Waals surface area contributed by atoms with Gasteiger partial charge in [0.25, 0.3) is 0 Å². The quantitative estimate of drug-likeness (QED) is 0.830. The molecule has 0 bridgehead atoms. The number of benzene rings is 1. The summed E-state index contributed by atoms with van der Waals surface area (Å²) in [6.07, 6.45) is 3.93. The molecule has 2 rings (SSSR count). The van der Waals surface area contributed by atoms with Gasteiger partial charge in [0.1, 0.15) is 5.75 Å². The number of H-pyrrole nitrogens is 1. The van der Waals surface area contributed by atoms with Crippen LogP contribution in [0, 0.1) is 0 Å². The van der Waals surface area contributed by atoms with Crippen LogP contribution in [0.25, 0.3) is 10.9 Å². The summed E-state index contributed by atoms with van der Waals surface area (Å²) in [5, 5.41) is 1.13. The number of aromatic nitrogens is 1. The molecule has 3 N–H and O–H groups in total.